The molecule has 1 aliphatic rings. The third-order valence-electron chi connectivity index (χ3n) is 4.03. The lowest BCUT2D eigenvalue weighted by atomic mass is 9.94. The van der Waals surface area contributed by atoms with Crippen LogP contribution in [0.2, 0.25) is 0 Å². The zero-order valence-corrected chi connectivity index (χ0v) is 12.6. The highest BCUT2D eigenvalue weighted by atomic mass is 19.1. The van der Waals surface area contributed by atoms with Gasteiger partial charge < -0.3 is 5.11 Å². The van der Waals surface area contributed by atoms with Crippen molar-refractivity contribution in [3.8, 4) is 0 Å². The summed E-state index contributed by atoms with van der Waals surface area (Å²) in [4.78, 5) is 12.9. The number of piperidine rings is 1. The van der Waals surface area contributed by atoms with Gasteiger partial charge in [-0.3, -0.25) is 4.90 Å². The molecule has 2 unspecified atom stereocenters. The first-order chi connectivity index (χ1) is 9.94. The van der Waals surface area contributed by atoms with Crippen LogP contribution >= 0.6 is 0 Å². The second-order valence-corrected chi connectivity index (χ2v) is 6.03. The lowest BCUT2D eigenvalue weighted by Gasteiger charge is -2.36. The van der Waals surface area contributed by atoms with Gasteiger partial charge in [0.15, 0.2) is 0 Å². The Bertz CT molecular complexity index is 542. The van der Waals surface area contributed by atoms with Crippen LogP contribution in [0.5, 0.6) is 0 Å². The predicted molar refractivity (Wildman–Crippen MR) is 81.3 cm³/mol. The summed E-state index contributed by atoms with van der Waals surface area (Å²) in [6, 6.07) is 5.24. The molecule has 1 N–H and O–H groups in total. The maximum absolute atomic E-state index is 13.7. The molecule has 0 aliphatic carbocycles. The van der Waals surface area contributed by atoms with Crippen LogP contribution in [0.3, 0.4) is 0 Å². The Morgan fingerprint density at radius 1 is 1.38 bits per heavy atom. The highest BCUT2D eigenvalue weighted by molar-refractivity contribution is 5.85. The number of carboxylic acids is 1. The topological polar surface area (TPSA) is 40.5 Å². The van der Waals surface area contributed by atoms with Gasteiger partial charge in [-0.05, 0) is 55.0 Å². The van der Waals surface area contributed by atoms with Crippen molar-refractivity contribution in [2.75, 3.05) is 6.54 Å². The van der Waals surface area contributed by atoms with Crippen LogP contribution in [-0.4, -0.2) is 28.6 Å². The molecule has 0 amide bonds. The van der Waals surface area contributed by atoms with E-state index in [1.165, 1.54) is 31.1 Å². The van der Waals surface area contributed by atoms with Gasteiger partial charge in [0.1, 0.15) is 5.82 Å². The monoisotopic (exact) mass is 291 g/mol. The first kappa shape index (κ1) is 15.7. The van der Waals surface area contributed by atoms with Crippen molar-refractivity contribution in [3.05, 3.63) is 41.2 Å². The summed E-state index contributed by atoms with van der Waals surface area (Å²) in [5, 5.41) is 8.65. The molecule has 2 rings (SSSR count). The number of benzene rings is 1. The number of nitrogens with zero attached hydrogens (tertiary/aromatic N) is 1. The van der Waals surface area contributed by atoms with Crippen LogP contribution in [0.25, 0.3) is 6.08 Å². The van der Waals surface area contributed by atoms with E-state index in [1.54, 1.807) is 0 Å². The van der Waals surface area contributed by atoms with Crippen LogP contribution in [0.1, 0.15) is 37.8 Å². The second-order valence-electron chi connectivity index (χ2n) is 6.03. The zero-order chi connectivity index (χ0) is 15.4. The largest absolute Gasteiger partial charge is 0.478 e. The fourth-order valence-corrected chi connectivity index (χ4v) is 2.87. The minimum absolute atomic E-state index is 0.324. The van der Waals surface area contributed by atoms with Crippen LogP contribution in [0, 0.1) is 11.7 Å². The number of carbonyl (C=O) groups is 1. The summed E-state index contributed by atoms with van der Waals surface area (Å²) in [5.74, 6) is -0.685. The molecule has 114 valence electrons. The Morgan fingerprint density at radius 2 is 2.14 bits per heavy atom. The Hall–Kier alpha value is -1.68. The molecule has 21 heavy (non-hydrogen) atoms. The summed E-state index contributed by atoms with van der Waals surface area (Å²) < 4.78 is 13.7. The molecule has 1 aromatic carbocycles. The number of halogens is 1. The smallest absolute Gasteiger partial charge is 0.328 e. The SMILES string of the molecule is CC1CCC(C)N(Cc2cc(F)cc(C=CC(=O)O)c2)C1. The zero-order valence-electron chi connectivity index (χ0n) is 12.6. The van der Waals surface area contributed by atoms with E-state index < -0.39 is 5.97 Å². The van der Waals surface area contributed by atoms with E-state index in [4.69, 9.17) is 5.11 Å². The van der Waals surface area contributed by atoms with Gasteiger partial charge in [0.05, 0.1) is 0 Å². The molecule has 0 bridgehead atoms. The fourth-order valence-electron chi connectivity index (χ4n) is 2.87. The molecule has 4 heteroatoms. The van der Waals surface area contributed by atoms with Crippen molar-refractivity contribution in [2.45, 2.75) is 39.3 Å². The number of aliphatic carboxylic acids is 1. The lowest BCUT2D eigenvalue weighted by Crippen LogP contribution is -2.40. The minimum Gasteiger partial charge on any atom is -0.478 e. The maximum Gasteiger partial charge on any atom is 0.328 e. The van der Waals surface area contributed by atoms with E-state index in [2.05, 4.69) is 18.7 Å². The standard InChI is InChI=1S/C17H22FNO2/c1-12-3-4-13(2)19(10-12)11-15-7-14(5-6-17(20)21)8-16(18)9-15/h5-9,12-13H,3-4,10-11H2,1-2H3,(H,20,21). The summed E-state index contributed by atoms with van der Waals surface area (Å²) in [6.07, 6.45) is 4.87. The predicted octanol–water partition coefficient (Wildman–Crippen LogP) is 3.54. The molecule has 0 aromatic heterocycles. The Morgan fingerprint density at radius 3 is 2.86 bits per heavy atom. The number of carboxylic acid groups (broad SMARTS) is 1. The van der Waals surface area contributed by atoms with Gasteiger partial charge in [-0.1, -0.05) is 13.0 Å². The lowest BCUT2D eigenvalue weighted by molar-refractivity contribution is -0.131. The molecule has 2 atom stereocenters. The molecule has 3 nitrogen and oxygen atoms in total. The van der Waals surface area contributed by atoms with Crippen molar-refractivity contribution >= 4 is 12.0 Å². The van der Waals surface area contributed by atoms with E-state index in [-0.39, 0.29) is 5.82 Å². The van der Waals surface area contributed by atoms with E-state index in [1.807, 2.05) is 6.07 Å². The quantitative estimate of drug-likeness (QED) is 0.863. The van der Waals surface area contributed by atoms with Crippen molar-refractivity contribution in [1.29, 1.82) is 0 Å². The third kappa shape index (κ3) is 4.67. The summed E-state index contributed by atoms with van der Waals surface area (Å²) >= 11 is 0. The number of likely N-dealkylation sites (tertiary alicyclic amines) is 1. The van der Waals surface area contributed by atoms with Gasteiger partial charge in [-0.15, -0.1) is 0 Å². The van der Waals surface area contributed by atoms with Crippen LogP contribution in [0.4, 0.5) is 4.39 Å². The van der Waals surface area contributed by atoms with Crippen molar-refractivity contribution < 1.29 is 14.3 Å². The van der Waals surface area contributed by atoms with Gasteiger partial charge in [0.25, 0.3) is 0 Å². The van der Waals surface area contributed by atoms with Crippen LogP contribution < -0.4 is 0 Å². The van der Waals surface area contributed by atoms with Gasteiger partial charge in [0.2, 0.25) is 0 Å². The summed E-state index contributed by atoms with van der Waals surface area (Å²) in [5.41, 5.74) is 1.48. The van der Waals surface area contributed by atoms with Gasteiger partial charge in [0, 0.05) is 25.2 Å². The Kier molecular flexibility index (Phi) is 5.12. The summed E-state index contributed by atoms with van der Waals surface area (Å²) in [6.45, 7) is 6.18. The Balaban J connectivity index is 2.14. The van der Waals surface area contributed by atoms with Crippen molar-refractivity contribution in [2.24, 2.45) is 5.92 Å². The molecule has 1 saturated heterocycles. The van der Waals surface area contributed by atoms with Crippen molar-refractivity contribution in [3.63, 3.8) is 0 Å². The van der Waals surface area contributed by atoms with Crippen LogP contribution in [0.15, 0.2) is 24.3 Å². The first-order valence-electron chi connectivity index (χ1n) is 7.38. The van der Waals surface area contributed by atoms with Gasteiger partial charge >= 0.3 is 5.97 Å². The molecule has 1 heterocycles. The second kappa shape index (κ2) is 6.85. The average Bonchev–Trinajstić information content (AvgIpc) is 2.40. The number of rotatable bonds is 4. The highest BCUT2D eigenvalue weighted by Gasteiger charge is 2.22. The number of hydrogen-bond acceptors (Lipinski definition) is 2. The average molecular weight is 291 g/mol. The molecule has 1 aromatic rings. The molecule has 1 aliphatic heterocycles. The normalized spacial score (nSPS) is 23.6. The molecule has 0 radical (unpaired) electrons. The molecule has 1 fully saturated rings. The third-order valence-corrected chi connectivity index (χ3v) is 4.03. The van der Waals surface area contributed by atoms with Crippen LogP contribution in [-0.2, 0) is 11.3 Å². The molecule has 0 spiro atoms. The summed E-state index contributed by atoms with van der Waals surface area (Å²) in [7, 11) is 0. The fraction of sp³-hybridized carbons (Fsp3) is 0.471. The van der Waals surface area contributed by atoms with Gasteiger partial charge in [-0.2, -0.15) is 0 Å². The van der Waals surface area contributed by atoms with E-state index in [9.17, 15) is 9.18 Å². The highest BCUT2D eigenvalue weighted by Crippen LogP contribution is 2.24. The minimum atomic E-state index is -1.03. The Labute approximate surface area is 125 Å². The van der Waals surface area contributed by atoms with Crippen molar-refractivity contribution in [1.82, 2.24) is 4.90 Å². The van der Waals surface area contributed by atoms with E-state index in [0.717, 1.165) is 18.2 Å². The maximum atomic E-state index is 13.7. The van der Waals surface area contributed by atoms with E-state index >= 15 is 0 Å². The molecule has 0 saturated carbocycles. The van der Waals surface area contributed by atoms with Gasteiger partial charge in [-0.25, -0.2) is 9.18 Å². The molecular weight excluding hydrogens is 269 g/mol. The molecular formula is C17H22FNO2. The van der Waals surface area contributed by atoms with E-state index in [0.29, 0.717) is 24.1 Å². The first-order valence-corrected chi connectivity index (χ1v) is 7.38. The number of hydrogen-bond donors (Lipinski definition) is 1.